The Labute approximate surface area is 85.9 Å². The molecule has 0 radical (unpaired) electrons. The van der Waals surface area contributed by atoms with Crippen LogP contribution in [0.15, 0.2) is 0 Å². The smallest absolute Gasteiger partial charge is 0.106 e. The van der Waals surface area contributed by atoms with E-state index < -0.39 is 6.17 Å². The third kappa shape index (κ3) is 2.26. The van der Waals surface area contributed by atoms with Crippen molar-refractivity contribution in [3.8, 4) is 0 Å². The Morgan fingerprint density at radius 3 is 2.57 bits per heavy atom. The molecule has 0 aromatic rings. The highest BCUT2D eigenvalue weighted by Gasteiger charge is 2.33. The molecule has 0 aromatic carbocycles. The zero-order chi connectivity index (χ0) is 9.97. The SMILES string of the molecule is CN1CCC(C2CNCCC2F)CC1. The Bertz CT molecular complexity index is 178. The Morgan fingerprint density at radius 1 is 1.21 bits per heavy atom. The first kappa shape index (κ1) is 10.4. The summed E-state index contributed by atoms with van der Waals surface area (Å²) in [6, 6.07) is 0. The van der Waals surface area contributed by atoms with Crippen molar-refractivity contribution in [2.45, 2.75) is 25.4 Å². The van der Waals surface area contributed by atoms with Gasteiger partial charge in [0.05, 0.1) is 0 Å². The molecule has 0 aliphatic carbocycles. The molecule has 0 spiro atoms. The number of likely N-dealkylation sites (tertiary alicyclic amines) is 1. The second-order valence-electron chi connectivity index (χ2n) is 4.81. The Balaban J connectivity index is 1.87. The molecule has 2 nitrogen and oxygen atoms in total. The third-order valence-corrected chi connectivity index (χ3v) is 3.81. The van der Waals surface area contributed by atoms with Crippen LogP contribution < -0.4 is 5.32 Å². The summed E-state index contributed by atoms with van der Waals surface area (Å²) >= 11 is 0. The van der Waals surface area contributed by atoms with E-state index in [1.54, 1.807) is 0 Å². The van der Waals surface area contributed by atoms with Crippen LogP contribution in [0.25, 0.3) is 0 Å². The standard InChI is InChI=1S/C11H21FN2/c1-14-6-3-9(4-7-14)10-8-13-5-2-11(10)12/h9-11,13H,2-8H2,1H3. The van der Waals surface area contributed by atoms with Gasteiger partial charge in [-0.15, -0.1) is 0 Å². The van der Waals surface area contributed by atoms with Crippen LogP contribution in [0.2, 0.25) is 0 Å². The summed E-state index contributed by atoms with van der Waals surface area (Å²) in [5.41, 5.74) is 0. The Hall–Kier alpha value is -0.150. The largest absolute Gasteiger partial charge is 0.316 e. The summed E-state index contributed by atoms with van der Waals surface area (Å²) in [5, 5.41) is 3.32. The van der Waals surface area contributed by atoms with Gasteiger partial charge in [0, 0.05) is 12.5 Å². The molecule has 0 aromatic heterocycles. The lowest BCUT2D eigenvalue weighted by Gasteiger charge is -2.38. The minimum Gasteiger partial charge on any atom is -0.316 e. The lowest BCUT2D eigenvalue weighted by molar-refractivity contribution is 0.0839. The first-order valence-electron chi connectivity index (χ1n) is 5.80. The average molecular weight is 200 g/mol. The Morgan fingerprint density at radius 2 is 1.93 bits per heavy atom. The van der Waals surface area contributed by atoms with Crippen molar-refractivity contribution in [3.05, 3.63) is 0 Å². The van der Waals surface area contributed by atoms with Crippen LogP contribution in [0.3, 0.4) is 0 Å². The number of hydrogen-bond donors (Lipinski definition) is 1. The fourth-order valence-corrected chi connectivity index (χ4v) is 2.77. The van der Waals surface area contributed by atoms with Crippen LogP contribution in [-0.4, -0.2) is 44.3 Å². The van der Waals surface area contributed by atoms with Gasteiger partial charge in [0.25, 0.3) is 0 Å². The van der Waals surface area contributed by atoms with Crippen LogP contribution in [0.5, 0.6) is 0 Å². The molecule has 2 unspecified atom stereocenters. The molecule has 14 heavy (non-hydrogen) atoms. The maximum atomic E-state index is 13.7. The number of nitrogens with one attached hydrogen (secondary N) is 1. The second-order valence-corrected chi connectivity index (χ2v) is 4.81. The van der Waals surface area contributed by atoms with Gasteiger partial charge < -0.3 is 10.2 Å². The van der Waals surface area contributed by atoms with Crippen molar-refractivity contribution >= 4 is 0 Å². The van der Waals surface area contributed by atoms with E-state index in [0.29, 0.717) is 5.92 Å². The van der Waals surface area contributed by atoms with E-state index in [-0.39, 0.29) is 5.92 Å². The Kier molecular flexibility index (Phi) is 3.39. The molecule has 3 heteroatoms. The molecule has 0 saturated carbocycles. The molecule has 2 atom stereocenters. The highest BCUT2D eigenvalue weighted by molar-refractivity contribution is 4.85. The van der Waals surface area contributed by atoms with Crippen molar-refractivity contribution < 1.29 is 4.39 Å². The first-order valence-corrected chi connectivity index (χ1v) is 5.80. The second kappa shape index (κ2) is 4.58. The van der Waals surface area contributed by atoms with Crippen molar-refractivity contribution in [2.75, 3.05) is 33.2 Å². The van der Waals surface area contributed by atoms with Crippen LogP contribution in [-0.2, 0) is 0 Å². The molecular formula is C11H21FN2. The van der Waals surface area contributed by atoms with Gasteiger partial charge in [0.1, 0.15) is 6.17 Å². The third-order valence-electron chi connectivity index (χ3n) is 3.81. The van der Waals surface area contributed by atoms with Crippen molar-refractivity contribution in [1.29, 1.82) is 0 Å². The number of rotatable bonds is 1. The highest BCUT2D eigenvalue weighted by Crippen LogP contribution is 2.30. The number of nitrogens with zero attached hydrogens (tertiary/aromatic N) is 1. The zero-order valence-electron chi connectivity index (χ0n) is 9.01. The normalized spacial score (nSPS) is 37.3. The molecule has 2 rings (SSSR count). The van der Waals surface area contributed by atoms with Crippen LogP contribution in [0, 0.1) is 11.8 Å². The average Bonchev–Trinajstić information content (AvgIpc) is 2.20. The van der Waals surface area contributed by atoms with Crippen LogP contribution in [0.1, 0.15) is 19.3 Å². The molecular weight excluding hydrogens is 179 g/mol. The molecule has 0 amide bonds. The van der Waals surface area contributed by atoms with E-state index in [1.165, 1.54) is 12.8 Å². The number of halogens is 1. The van der Waals surface area contributed by atoms with E-state index in [1.807, 2.05) is 0 Å². The predicted octanol–water partition coefficient (Wildman–Crippen LogP) is 1.28. The van der Waals surface area contributed by atoms with Crippen LogP contribution >= 0.6 is 0 Å². The summed E-state index contributed by atoms with van der Waals surface area (Å²) in [6.07, 6.45) is 2.54. The minimum atomic E-state index is -0.551. The van der Waals surface area contributed by atoms with Gasteiger partial charge in [0.2, 0.25) is 0 Å². The van der Waals surface area contributed by atoms with E-state index >= 15 is 0 Å². The van der Waals surface area contributed by atoms with Gasteiger partial charge in [-0.2, -0.15) is 0 Å². The van der Waals surface area contributed by atoms with Crippen LogP contribution in [0.4, 0.5) is 4.39 Å². The lowest BCUT2D eigenvalue weighted by atomic mass is 9.79. The maximum Gasteiger partial charge on any atom is 0.106 e. The fraction of sp³-hybridized carbons (Fsp3) is 1.00. The predicted molar refractivity (Wildman–Crippen MR) is 56.1 cm³/mol. The van der Waals surface area contributed by atoms with E-state index in [2.05, 4.69) is 17.3 Å². The molecule has 2 heterocycles. The molecule has 2 aliphatic rings. The fourth-order valence-electron chi connectivity index (χ4n) is 2.77. The highest BCUT2D eigenvalue weighted by atomic mass is 19.1. The minimum absolute atomic E-state index is 0.289. The van der Waals surface area contributed by atoms with E-state index in [4.69, 9.17) is 0 Å². The molecule has 2 fully saturated rings. The van der Waals surface area contributed by atoms with Crippen molar-refractivity contribution in [2.24, 2.45) is 11.8 Å². The summed E-state index contributed by atoms with van der Waals surface area (Å²) in [4.78, 5) is 2.35. The quantitative estimate of drug-likeness (QED) is 0.686. The van der Waals surface area contributed by atoms with Gasteiger partial charge in [-0.1, -0.05) is 0 Å². The molecule has 2 saturated heterocycles. The summed E-state index contributed by atoms with van der Waals surface area (Å²) in [6.45, 7) is 4.06. The van der Waals surface area contributed by atoms with Gasteiger partial charge in [-0.3, -0.25) is 0 Å². The first-order chi connectivity index (χ1) is 6.77. The molecule has 1 N–H and O–H groups in total. The van der Waals surface area contributed by atoms with Crippen molar-refractivity contribution in [1.82, 2.24) is 10.2 Å². The van der Waals surface area contributed by atoms with Crippen molar-refractivity contribution in [3.63, 3.8) is 0 Å². The lowest BCUT2D eigenvalue weighted by Crippen LogP contribution is -2.45. The van der Waals surface area contributed by atoms with Gasteiger partial charge in [-0.25, -0.2) is 4.39 Å². The zero-order valence-corrected chi connectivity index (χ0v) is 9.01. The number of piperidine rings is 2. The maximum absolute atomic E-state index is 13.7. The summed E-state index contributed by atoms with van der Waals surface area (Å²) in [7, 11) is 2.16. The molecule has 0 bridgehead atoms. The summed E-state index contributed by atoms with van der Waals surface area (Å²) in [5.74, 6) is 0.909. The molecule has 2 aliphatic heterocycles. The monoisotopic (exact) mass is 200 g/mol. The summed E-state index contributed by atoms with van der Waals surface area (Å²) < 4.78 is 13.7. The van der Waals surface area contributed by atoms with E-state index in [0.717, 1.165) is 32.6 Å². The van der Waals surface area contributed by atoms with E-state index in [9.17, 15) is 4.39 Å². The molecule has 82 valence electrons. The van der Waals surface area contributed by atoms with Gasteiger partial charge >= 0.3 is 0 Å². The number of hydrogen-bond acceptors (Lipinski definition) is 2. The number of alkyl halides is 1. The topological polar surface area (TPSA) is 15.3 Å². The van der Waals surface area contributed by atoms with Gasteiger partial charge in [0.15, 0.2) is 0 Å². The van der Waals surface area contributed by atoms with Gasteiger partial charge in [-0.05, 0) is 51.9 Å².